The molecule has 0 aromatic carbocycles. The van der Waals surface area contributed by atoms with Gasteiger partial charge in [0.15, 0.2) is 6.10 Å². The molecule has 0 saturated carbocycles. The van der Waals surface area contributed by atoms with Crippen LogP contribution in [0, 0.1) is 0 Å². The fourth-order valence-corrected chi connectivity index (χ4v) is 13.3. The first-order valence-corrected chi connectivity index (χ1v) is 44.4. The van der Waals surface area contributed by atoms with Gasteiger partial charge in [0, 0.05) is 12.8 Å². The summed E-state index contributed by atoms with van der Waals surface area (Å²) < 4.78 is 34.5. The Morgan fingerprint density at radius 2 is 0.570 bits per heavy atom. The molecule has 0 bridgehead atoms. The molecule has 10 heteroatoms. The molecule has 0 amide bonds. The van der Waals surface area contributed by atoms with E-state index in [1.54, 1.807) is 0 Å². The zero-order valence-electron chi connectivity index (χ0n) is 66.6. The molecular weight excluding hydrogens is 1250 g/mol. The first-order valence-electron chi connectivity index (χ1n) is 42.9. The molecule has 0 aliphatic rings. The molecule has 2 unspecified atom stereocenters. The molecule has 0 heterocycles. The molecule has 0 N–H and O–H groups in total. The molecule has 0 fully saturated rings. The Morgan fingerprint density at radius 3 is 0.850 bits per heavy atom. The smallest absolute Gasteiger partial charge is 0.306 e. The van der Waals surface area contributed by atoms with Gasteiger partial charge in [0.25, 0.3) is 7.82 Å². The van der Waals surface area contributed by atoms with Crippen molar-refractivity contribution in [1.29, 1.82) is 0 Å². The van der Waals surface area contributed by atoms with Crippen molar-refractivity contribution in [2.75, 3.05) is 47.5 Å². The van der Waals surface area contributed by atoms with Crippen LogP contribution < -0.4 is 4.89 Å². The van der Waals surface area contributed by atoms with Gasteiger partial charge in [-0.05, 0) is 96.3 Å². The van der Waals surface area contributed by atoms with E-state index in [1.165, 1.54) is 302 Å². The number of nitrogens with zero attached hydrogens (tertiary/aromatic N) is 1. The molecule has 582 valence electrons. The molecule has 0 aliphatic carbocycles. The van der Waals surface area contributed by atoms with E-state index in [0.29, 0.717) is 17.4 Å². The number of carbonyl (C=O) groups excluding carboxylic acids is 2. The van der Waals surface area contributed by atoms with Crippen molar-refractivity contribution in [3.8, 4) is 0 Å². The summed E-state index contributed by atoms with van der Waals surface area (Å²) in [6.45, 7) is 4.18. The molecular formula is C90H164NO8P. The van der Waals surface area contributed by atoms with Crippen LogP contribution in [-0.4, -0.2) is 70.0 Å². The first kappa shape index (κ1) is 96.9. The van der Waals surface area contributed by atoms with Gasteiger partial charge in [-0.15, -0.1) is 0 Å². The van der Waals surface area contributed by atoms with Crippen molar-refractivity contribution in [1.82, 2.24) is 0 Å². The molecule has 0 saturated heterocycles. The minimum absolute atomic E-state index is 0.0297. The second-order valence-electron chi connectivity index (χ2n) is 30.2. The van der Waals surface area contributed by atoms with Gasteiger partial charge in [-0.25, -0.2) is 0 Å². The summed E-state index contributed by atoms with van der Waals surface area (Å²) in [6.07, 6.45) is 113. The number of carbonyl (C=O) groups is 2. The maximum absolute atomic E-state index is 12.9. The number of phosphoric ester groups is 1. The monoisotopic (exact) mass is 1420 g/mol. The van der Waals surface area contributed by atoms with E-state index in [4.69, 9.17) is 18.5 Å². The Labute approximate surface area is 621 Å². The molecule has 0 spiro atoms. The van der Waals surface area contributed by atoms with Crippen LogP contribution in [0.5, 0.6) is 0 Å². The SMILES string of the molecule is CC/C=C\C/C=C\C/C=C\C/C=C\C/C=C\C/C=C\CCCCCCCCCCCCCCCCCCCCCCCCC(=O)OC(COC(=O)CCCCCCCCCCCCCCCCCCCCCCCCC/C=C\C/C=C\CCCCCCC)COP(=O)([O-])OCC[N+](C)(C)C. The number of phosphoric acid groups is 1. The highest BCUT2D eigenvalue weighted by Crippen LogP contribution is 2.38. The number of unbranched alkanes of at least 4 members (excludes halogenated alkanes) is 50. The van der Waals surface area contributed by atoms with E-state index in [-0.39, 0.29) is 32.0 Å². The third-order valence-electron chi connectivity index (χ3n) is 19.1. The Bertz CT molecular complexity index is 2010. The van der Waals surface area contributed by atoms with Crippen molar-refractivity contribution in [3.05, 3.63) is 97.2 Å². The number of ether oxygens (including phenoxy) is 2. The maximum atomic E-state index is 12.9. The fraction of sp³-hybridized carbons (Fsp3) is 0.800. The zero-order chi connectivity index (χ0) is 72.5. The number of allylic oxidation sites excluding steroid dienone is 16. The quantitative estimate of drug-likeness (QED) is 0.0195. The van der Waals surface area contributed by atoms with Crippen molar-refractivity contribution >= 4 is 19.8 Å². The number of hydrogen-bond acceptors (Lipinski definition) is 8. The fourth-order valence-electron chi connectivity index (χ4n) is 12.6. The minimum Gasteiger partial charge on any atom is -0.756 e. The second-order valence-corrected chi connectivity index (χ2v) is 31.6. The van der Waals surface area contributed by atoms with Gasteiger partial charge in [-0.1, -0.05) is 400 Å². The molecule has 0 aromatic heterocycles. The molecule has 9 nitrogen and oxygen atoms in total. The third-order valence-corrected chi connectivity index (χ3v) is 20.1. The van der Waals surface area contributed by atoms with Crippen LogP contribution in [0.2, 0.25) is 0 Å². The first-order chi connectivity index (χ1) is 49.0. The van der Waals surface area contributed by atoms with Crippen LogP contribution in [0.4, 0.5) is 0 Å². The number of quaternary nitrogens is 1. The van der Waals surface area contributed by atoms with Gasteiger partial charge in [-0.2, -0.15) is 0 Å². The Balaban J connectivity index is 3.89. The lowest BCUT2D eigenvalue weighted by Crippen LogP contribution is -2.37. The number of rotatable bonds is 80. The van der Waals surface area contributed by atoms with Gasteiger partial charge in [-0.3, -0.25) is 14.2 Å². The van der Waals surface area contributed by atoms with Gasteiger partial charge < -0.3 is 27.9 Å². The Morgan fingerprint density at radius 1 is 0.320 bits per heavy atom. The predicted octanol–water partition coefficient (Wildman–Crippen LogP) is 28.3. The van der Waals surface area contributed by atoms with Crippen molar-refractivity contribution in [3.63, 3.8) is 0 Å². The van der Waals surface area contributed by atoms with E-state index in [0.717, 1.165) is 77.0 Å². The molecule has 0 rings (SSSR count). The van der Waals surface area contributed by atoms with E-state index in [9.17, 15) is 19.0 Å². The summed E-state index contributed by atoms with van der Waals surface area (Å²) in [4.78, 5) is 38.2. The summed E-state index contributed by atoms with van der Waals surface area (Å²) in [6, 6.07) is 0. The normalized spacial score (nSPS) is 13.5. The average Bonchev–Trinajstić information content (AvgIpc) is 1.30. The van der Waals surface area contributed by atoms with Crippen LogP contribution in [-0.2, 0) is 32.7 Å². The maximum Gasteiger partial charge on any atom is 0.306 e. The number of esters is 2. The van der Waals surface area contributed by atoms with Gasteiger partial charge in [0.2, 0.25) is 0 Å². The van der Waals surface area contributed by atoms with E-state index in [1.807, 2.05) is 21.1 Å². The van der Waals surface area contributed by atoms with Crippen LogP contribution in [0.3, 0.4) is 0 Å². The summed E-state index contributed by atoms with van der Waals surface area (Å²) in [5.74, 6) is -0.811. The van der Waals surface area contributed by atoms with Crippen LogP contribution in [0.1, 0.15) is 412 Å². The summed E-state index contributed by atoms with van der Waals surface area (Å²) >= 11 is 0. The standard InChI is InChI=1S/C90H164NO8P/c1-6-8-10-12-14-16-18-20-22-24-26-28-30-32-34-36-38-40-42-43-44-45-46-47-49-51-53-55-57-59-61-63-65-67-69-71-73-75-77-79-81-83-90(93)99-88(87-98-100(94,95)97-85-84-91(3,4)5)86-96-89(92)82-80-78-76-74-72-70-68-66-64-62-60-58-56-54-52-50-48-41-39-37-35-33-31-29-27-25-23-21-19-17-15-13-11-9-7-2/h8,10,14,16,19-22,25-28,32,34,38,40,88H,6-7,9,11-13,15,17-18,23-24,29-31,33,35-37,39,41-87H2,1-5H3/b10-8-,16-14-,21-19-,22-20-,27-25-,28-26-,34-32-,40-38-. The Kier molecular flexibility index (Phi) is 77.6. The highest BCUT2D eigenvalue weighted by molar-refractivity contribution is 7.45. The lowest BCUT2D eigenvalue weighted by molar-refractivity contribution is -0.870. The largest absolute Gasteiger partial charge is 0.756 e. The Hall–Kier alpha value is -3.07. The topological polar surface area (TPSA) is 111 Å². The van der Waals surface area contributed by atoms with E-state index in [2.05, 4.69) is 111 Å². The lowest BCUT2D eigenvalue weighted by atomic mass is 10.0. The lowest BCUT2D eigenvalue weighted by Gasteiger charge is -2.28. The zero-order valence-corrected chi connectivity index (χ0v) is 67.5. The van der Waals surface area contributed by atoms with Crippen LogP contribution >= 0.6 is 7.82 Å². The molecule has 100 heavy (non-hydrogen) atoms. The second kappa shape index (κ2) is 80.0. The molecule has 0 aromatic rings. The summed E-state index contributed by atoms with van der Waals surface area (Å²) in [5, 5.41) is 0. The van der Waals surface area contributed by atoms with E-state index < -0.39 is 26.5 Å². The van der Waals surface area contributed by atoms with Crippen molar-refractivity contribution < 1.29 is 42.1 Å². The van der Waals surface area contributed by atoms with Crippen molar-refractivity contribution in [2.24, 2.45) is 0 Å². The van der Waals surface area contributed by atoms with Gasteiger partial charge in [0.05, 0.1) is 27.7 Å². The number of hydrogen-bond donors (Lipinski definition) is 0. The number of likely N-dealkylation sites (N-methyl/N-ethyl adjacent to an activating group) is 1. The molecule has 0 aliphatic heterocycles. The highest BCUT2D eigenvalue weighted by Gasteiger charge is 2.22. The van der Waals surface area contributed by atoms with Crippen LogP contribution in [0.15, 0.2) is 97.2 Å². The summed E-state index contributed by atoms with van der Waals surface area (Å²) in [5.41, 5.74) is 0. The molecule has 0 radical (unpaired) electrons. The highest BCUT2D eigenvalue weighted by atomic mass is 31.2. The third kappa shape index (κ3) is 83.9. The molecule has 2 atom stereocenters. The predicted molar refractivity (Wildman–Crippen MR) is 434 cm³/mol. The summed E-state index contributed by atoms with van der Waals surface area (Å²) in [7, 11) is 1.18. The van der Waals surface area contributed by atoms with Gasteiger partial charge >= 0.3 is 11.9 Å². The van der Waals surface area contributed by atoms with Crippen molar-refractivity contribution in [2.45, 2.75) is 418 Å². The average molecular weight is 1420 g/mol. The minimum atomic E-state index is -4.65. The van der Waals surface area contributed by atoms with E-state index >= 15 is 0 Å². The van der Waals surface area contributed by atoms with Gasteiger partial charge in [0.1, 0.15) is 19.8 Å². The van der Waals surface area contributed by atoms with Crippen LogP contribution in [0.25, 0.3) is 0 Å².